The zero-order chi connectivity index (χ0) is 24.6. The zero-order valence-corrected chi connectivity index (χ0v) is 22.4. The Balaban J connectivity index is 1.45. The van der Waals surface area contributed by atoms with Gasteiger partial charge in [0.15, 0.2) is 0 Å². The molecule has 0 atom stereocenters. The summed E-state index contributed by atoms with van der Waals surface area (Å²) < 4.78 is 0. The van der Waals surface area contributed by atoms with Gasteiger partial charge in [0.1, 0.15) is 0 Å². The average molecular weight is 523 g/mol. The molecule has 0 bridgehead atoms. The lowest BCUT2D eigenvalue weighted by molar-refractivity contribution is 0.873. The van der Waals surface area contributed by atoms with Crippen LogP contribution in [0.25, 0.3) is 11.3 Å². The largest absolute Gasteiger partial charge is 0.369 e. The lowest BCUT2D eigenvalue weighted by atomic mass is 10.1. The smallest absolute Gasteiger partial charge is 0.0979 e. The fraction of sp³-hybridized carbons (Fsp3) is 0.241. The molecule has 0 radical (unpaired) electrons. The van der Waals surface area contributed by atoms with Crippen molar-refractivity contribution in [3.63, 3.8) is 0 Å². The summed E-state index contributed by atoms with van der Waals surface area (Å²) >= 11 is 13.7. The number of aromatic nitrogens is 1. The summed E-state index contributed by atoms with van der Waals surface area (Å²) in [5, 5.41) is 1.14. The summed E-state index contributed by atoms with van der Waals surface area (Å²) in [6, 6.07) is 25.2. The molecular formula is C29H29Cl2N3S. The summed E-state index contributed by atoms with van der Waals surface area (Å²) in [6.07, 6.45) is 2.79. The van der Waals surface area contributed by atoms with E-state index in [9.17, 15) is 0 Å². The molecule has 0 N–H and O–H groups in total. The molecule has 4 aromatic rings. The minimum atomic E-state index is 0.573. The summed E-state index contributed by atoms with van der Waals surface area (Å²) in [6.45, 7) is 5.80. The van der Waals surface area contributed by atoms with E-state index in [1.165, 1.54) is 16.0 Å². The van der Waals surface area contributed by atoms with Gasteiger partial charge in [0.05, 0.1) is 16.4 Å². The Labute approximate surface area is 222 Å². The maximum Gasteiger partial charge on any atom is 0.0979 e. The molecule has 0 aliphatic heterocycles. The normalized spacial score (nSPS) is 11.3. The van der Waals surface area contributed by atoms with Gasteiger partial charge in [-0.2, -0.15) is 0 Å². The highest BCUT2D eigenvalue weighted by atomic mass is 35.5. The third-order valence-corrected chi connectivity index (χ3v) is 7.17. The van der Waals surface area contributed by atoms with Gasteiger partial charge in [-0.1, -0.05) is 48.5 Å². The Morgan fingerprint density at radius 3 is 2.29 bits per heavy atom. The minimum absolute atomic E-state index is 0.573. The van der Waals surface area contributed by atoms with Gasteiger partial charge < -0.3 is 4.90 Å². The number of rotatable bonds is 10. The van der Waals surface area contributed by atoms with Crippen molar-refractivity contribution in [2.24, 2.45) is 4.99 Å². The average Bonchev–Trinajstić information content (AvgIpc) is 3.23. The van der Waals surface area contributed by atoms with Gasteiger partial charge in [0.2, 0.25) is 0 Å². The van der Waals surface area contributed by atoms with Crippen molar-refractivity contribution >= 4 is 52.1 Å². The van der Waals surface area contributed by atoms with E-state index in [2.05, 4.69) is 73.3 Å². The van der Waals surface area contributed by atoms with E-state index in [4.69, 9.17) is 33.2 Å². The molecule has 0 saturated heterocycles. The van der Waals surface area contributed by atoms with Crippen LogP contribution in [0.4, 0.5) is 11.4 Å². The second-order valence-corrected chi connectivity index (χ2v) is 10.4. The van der Waals surface area contributed by atoms with Crippen LogP contribution < -0.4 is 4.90 Å². The Morgan fingerprint density at radius 1 is 0.914 bits per heavy atom. The summed E-state index contributed by atoms with van der Waals surface area (Å²) in [4.78, 5) is 13.1. The van der Waals surface area contributed by atoms with E-state index in [1.807, 2.05) is 24.4 Å². The van der Waals surface area contributed by atoms with Crippen molar-refractivity contribution in [1.82, 2.24) is 4.98 Å². The summed E-state index contributed by atoms with van der Waals surface area (Å²) in [7, 11) is 0. The summed E-state index contributed by atoms with van der Waals surface area (Å²) in [5.74, 6) is 1.15. The Bertz CT molecular complexity index is 1260. The predicted molar refractivity (Wildman–Crippen MR) is 154 cm³/mol. The van der Waals surface area contributed by atoms with Crippen molar-refractivity contribution in [1.29, 1.82) is 0 Å². The highest BCUT2D eigenvalue weighted by Gasteiger charge is 2.11. The molecule has 1 heterocycles. The van der Waals surface area contributed by atoms with Crippen LogP contribution in [0.5, 0.6) is 0 Å². The number of hydrogen-bond acceptors (Lipinski definition) is 4. The quantitative estimate of drug-likeness (QED) is 0.156. The first-order chi connectivity index (χ1) is 17.1. The third kappa shape index (κ3) is 6.72. The van der Waals surface area contributed by atoms with E-state index < -0.39 is 0 Å². The van der Waals surface area contributed by atoms with Crippen LogP contribution in [-0.4, -0.2) is 36.0 Å². The first-order valence-electron chi connectivity index (χ1n) is 11.7. The number of anilines is 1. The van der Waals surface area contributed by atoms with E-state index in [0.717, 1.165) is 52.7 Å². The highest BCUT2D eigenvalue weighted by Crippen LogP contribution is 2.30. The van der Waals surface area contributed by atoms with Crippen molar-refractivity contribution in [2.45, 2.75) is 20.3 Å². The lowest BCUT2D eigenvalue weighted by Crippen LogP contribution is -2.27. The van der Waals surface area contributed by atoms with Gasteiger partial charge in [-0.15, -0.1) is 34.5 Å². The van der Waals surface area contributed by atoms with Crippen molar-refractivity contribution in [3.05, 3.63) is 99.4 Å². The monoisotopic (exact) mass is 521 g/mol. The van der Waals surface area contributed by atoms with Crippen LogP contribution in [-0.2, 0) is 6.42 Å². The van der Waals surface area contributed by atoms with Crippen LogP contribution >= 0.6 is 34.5 Å². The number of aryl methyl sites for hydroxylation is 2. The third-order valence-electron chi connectivity index (χ3n) is 5.86. The fourth-order valence-electron chi connectivity index (χ4n) is 3.99. The van der Waals surface area contributed by atoms with Crippen LogP contribution in [0.2, 0.25) is 0 Å². The fourth-order valence-corrected chi connectivity index (χ4v) is 5.39. The van der Waals surface area contributed by atoms with Gasteiger partial charge in [-0.3, -0.25) is 4.99 Å². The van der Waals surface area contributed by atoms with Gasteiger partial charge in [-0.05, 0) is 54.8 Å². The molecule has 6 heteroatoms. The summed E-state index contributed by atoms with van der Waals surface area (Å²) in [5.41, 5.74) is 7.77. The number of thiazole rings is 1. The predicted octanol–water partition coefficient (Wildman–Crippen LogP) is 8.05. The molecule has 0 spiro atoms. The molecule has 0 aliphatic carbocycles. The van der Waals surface area contributed by atoms with Crippen LogP contribution in [0.1, 0.15) is 26.6 Å². The molecule has 1 aromatic heterocycles. The molecular weight excluding hydrogens is 493 g/mol. The number of benzene rings is 3. The topological polar surface area (TPSA) is 28.5 Å². The second-order valence-electron chi connectivity index (χ2n) is 8.39. The standard InChI is InChI=1S/C29H29Cl2N3S/c1-21-18-27(34(16-14-30)17-15-31)13-10-25(21)20-32-26-11-8-24(9-12-26)29-22(2)35-28(33-29)19-23-6-4-3-5-7-23/h3-13,18,20H,14-17,19H2,1-2H3. The number of nitrogens with zero attached hydrogens (tertiary/aromatic N) is 3. The first-order valence-corrected chi connectivity index (χ1v) is 13.6. The highest BCUT2D eigenvalue weighted by molar-refractivity contribution is 7.12. The van der Waals surface area contributed by atoms with Crippen molar-refractivity contribution < 1.29 is 0 Å². The minimum Gasteiger partial charge on any atom is -0.369 e. The van der Waals surface area contributed by atoms with Gasteiger partial charge in [0, 0.05) is 53.6 Å². The molecule has 0 fully saturated rings. The maximum atomic E-state index is 5.95. The number of alkyl halides is 2. The molecule has 0 aliphatic rings. The van der Waals surface area contributed by atoms with Crippen molar-refractivity contribution in [3.8, 4) is 11.3 Å². The SMILES string of the molecule is Cc1cc(N(CCCl)CCCl)ccc1C=Nc1ccc(-c2nc(Cc3ccccc3)sc2C)cc1. The van der Waals surface area contributed by atoms with E-state index in [0.29, 0.717) is 11.8 Å². The van der Waals surface area contributed by atoms with Crippen LogP contribution in [0.3, 0.4) is 0 Å². The Kier molecular flexibility index (Phi) is 8.97. The van der Waals surface area contributed by atoms with Gasteiger partial charge >= 0.3 is 0 Å². The maximum absolute atomic E-state index is 5.95. The van der Waals surface area contributed by atoms with E-state index >= 15 is 0 Å². The molecule has 35 heavy (non-hydrogen) atoms. The molecule has 0 unspecified atom stereocenters. The zero-order valence-electron chi connectivity index (χ0n) is 20.0. The molecule has 4 rings (SSSR count). The number of hydrogen-bond donors (Lipinski definition) is 0. The van der Waals surface area contributed by atoms with Gasteiger partial charge in [-0.25, -0.2) is 4.98 Å². The van der Waals surface area contributed by atoms with Gasteiger partial charge in [0.25, 0.3) is 0 Å². The molecule has 180 valence electrons. The molecule has 0 amide bonds. The molecule has 3 nitrogen and oxygen atoms in total. The lowest BCUT2D eigenvalue weighted by Gasteiger charge is -2.23. The van der Waals surface area contributed by atoms with E-state index in [-0.39, 0.29) is 0 Å². The van der Waals surface area contributed by atoms with Crippen LogP contribution in [0.15, 0.2) is 77.8 Å². The Hall–Kier alpha value is -2.66. The van der Waals surface area contributed by atoms with Crippen molar-refractivity contribution in [2.75, 3.05) is 29.7 Å². The van der Waals surface area contributed by atoms with E-state index in [1.54, 1.807) is 11.3 Å². The first kappa shape index (κ1) is 25.4. The Morgan fingerprint density at radius 2 is 1.63 bits per heavy atom. The molecule has 3 aromatic carbocycles. The number of halogens is 2. The van der Waals surface area contributed by atoms with Crippen LogP contribution in [0, 0.1) is 13.8 Å². The second kappa shape index (κ2) is 12.3. The number of aliphatic imine (C=N–C) groups is 1. The molecule has 0 saturated carbocycles.